The quantitative estimate of drug-likeness (QED) is 0.832. The van der Waals surface area contributed by atoms with Crippen LogP contribution in [0.15, 0.2) is 12.1 Å². The molecule has 112 valence electrons. The Bertz CT molecular complexity index is 466. The van der Waals surface area contributed by atoms with Gasteiger partial charge in [0, 0.05) is 12.6 Å². The van der Waals surface area contributed by atoms with Crippen molar-refractivity contribution in [3.8, 4) is 11.5 Å². The topological polar surface area (TPSA) is 68.0 Å². The Labute approximate surface area is 124 Å². The van der Waals surface area contributed by atoms with Crippen LogP contribution in [0.1, 0.15) is 18.1 Å². The minimum Gasteiger partial charge on any atom is -0.493 e. The molecule has 0 aromatic heterocycles. The predicted molar refractivity (Wildman–Crippen MR) is 78.5 cm³/mol. The van der Waals surface area contributed by atoms with Gasteiger partial charge in [-0.25, -0.2) is 0 Å². The van der Waals surface area contributed by atoms with Crippen molar-refractivity contribution < 1.29 is 14.6 Å². The Morgan fingerprint density at radius 1 is 1.35 bits per heavy atom. The highest BCUT2D eigenvalue weighted by atomic mass is 35.5. The van der Waals surface area contributed by atoms with Crippen LogP contribution in [0.4, 0.5) is 0 Å². The van der Waals surface area contributed by atoms with Crippen molar-refractivity contribution in [2.24, 2.45) is 5.73 Å². The van der Waals surface area contributed by atoms with Crippen molar-refractivity contribution in [3.05, 3.63) is 22.7 Å². The molecule has 20 heavy (non-hydrogen) atoms. The summed E-state index contributed by atoms with van der Waals surface area (Å²) >= 11 is 6.14. The summed E-state index contributed by atoms with van der Waals surface area (Å²) in [7, 11) is 3.06. The zero-order valence-corrected chi connectivity index (χ0v) is 12.6. The molecule has 1 heterocycles. The summed E-state index contributed by atoms with van der Waals surface area (Å²) in [4.78, 5) is 2.22. The summed E-state index contributed by atoms with van der Waals surface area (Å²) in [6.07, 6.45) is 0.415. The molecule has 1 fully saturated rings. The first-order valence-corrected chi connectivity index (χ1v) is 7.02. The van der Waals surface area contributed by atoms with Gasteiger partial charge in [-0.3, -0.25) is 0 Å². The molecule has 0 saturated carbocycles. The van der Waals surface area contributed by atoms with Crippen molar-refractivity contribution >= 4 is 11.6 Å². The van der Waals surface area contributed by atoms with E-state index in [1.54, 1.807) is 12.1 Å². The van der Waals surface area contributed by atoms with Gasteiger partial charge < -0.3 is 25.2 Å². The lowest BCUT2D eigenvalue weighted by Crippen LogP contribution is -2.47. The molecular formula is C14H21ClN2O3. The Balaban J connectivity index is 2.15. The number of methoxy groups -OCH3 is 2. The maximum atomic E-state index is 10.4. The van der Waals surface area contributed by atoms with Gasteiger partial charge in [0.05, 0.1) is 25.3 Å². The molecule has 0 spiro atoms. The van der Waals surface area contributed by atoms with Gasteiger partial charge in [0.1, 0.15) is 0 Å². The van der Waals surface area contributed by atoms with Crippen molar-refractivity contribution in [3.63, 3.8) is 0 Å². The monoisotopic (exact) mass is 300 g/mol. The highest BCUT2D eigenvalue weighted by molar-refractivity contribution is 6.32. The maximum Gasteiger partial charge on any atom is 0.179 e. The van der Waals surface area contributed by atoms with Gasteiger partial charge in [-0.15, -0.1) is 0 Å². The van der Waals surface area contributed by atoms with Gasteiger partial charge in [-0.05, 0) is 37.2 Å². The van der Waals surface area contributed by atoms with E-state index < -0.39 is 6.10 Å². The van der Waals surface area contributed by atoms with E-state index in [4.69, 9.17) is 26.8 Å². The summed E-state index contributed by atoms with van der Waals surface area (Å²) in [6, 6.07) is 3.03. The molecule has 2 rings (SSSR count). The molecular weight excluding hydrogens is 280 g/mol. The zero-order valence-electron chi connectivity index (χ0n) is 11.8. The molecule has 1 unspecified atom stereocenters. The van der Waals surface area contributed by atoms with E-state index in [9.17, 15) is 5.11 Å². The predicted octanol–water partition coefficient (Wildman–Crippen LogP) is 1.42. The Morgan fingerprint density at radius 3 is 2.55 bits per heavy atom. The van der Waals surface area contributed by atoms with Gasteiger partial charge in [0.2, 0.25) is 0 Å². The van der Waals surface area contributed by atoms with E-state index in [0.717, 1.165) is 13.1 Å². The number of hydrogen-bond donors (Lipinski definition) is 2. The number of likely N-dealkylation sites (tertiary alicyclic amines) is 1. The molecule has 0 amide bonds. The lowest BCUT2D eigenvalue weighted by molar-refractivity contribution is 0.0954. The van der Waals surface area contributed by atoms with Crippen LogP contribution in [0.2, 0.25) is 5.02 Å². The van der Waals surface area contributed by atoms with Crippen LogP contribution in [0, 0.1) is 0 Å². The van der Waals surface area contributed by atoms with Crippen molar-refractivity contribution in [1.82, 2.24) is 4.90 Å². The van der Waals surface area contributed by atoms with Crippen molar-refractivity contribution in [2.75, 3.05) is 33.9 Å². The van der Waals surface area contributed by atoms with E-state index in [1.807, 2.05) is 0 Å². The van der Waals surface area contributed by atoms with Crippen LogP contribution >= 0.6 is 11.6 Å². The number of benzene rings is 1. The number of aliphatic hydroxyl groups excluding tert-OH is 1. The fourth-order valence-electron chi connectivity index (χ4n) is 2.32. The first-order valence-electron chi connectivity index (χ1n) is 6.64. The van der Waals surface area contributed by atoms with Gasteiger partial charge in [-0.1, -0.05) is 11.6 Å². The number of rotatable bonds is 6. The number of aliphatic hydroxyl groups is 1. The van der Waals surface area contributed by atoms with Crippen LogP contribution < -0.4 is 15.2 Å². The fourth-order valence-corrected chi connectivity index (χ4v) is 2.61. The zero-order chi connectivity index (χ0) is 14.7. The van der Waals surface area contributed by atoms with E-state index in [0.29, 0.717) is 28.6 Å². The summed E-state index contributed by atoms with van der Waals surface area (Å²) < 4.78 is 10.4. The third kappa shape index (κ3) is 3.17. The molecule has 1 aliphatic heterocycles. The molecule has 0 radical (unpaired) electrons. The number of nitrogens with two attached hydrogens (primary N) is 1. The molecule has 0 aliphatic carbocycles. The molecule has 6 heteroatoms. The lowest BCUT2D eigenvalue weighted by atomic mass is 10.0. The second-order valence-corrected chi connectivity index (χ2v) is 5.41. The van der Waals surface area contributed by atoms with Crippen LogP contribution in [0.5, 0.6) is 11.5 Å². The molecule has 1 aliphatic rings. The van der Waals surface area contributed by atoms with Crippen molar-refractivity contribution in [2.45, 2.75) is 18.6 Å². The number of halogens is 1. The molecule has 5 nitrogen and oxygen atoms in total. The van der Waals surface area contributed by atoms with E-state index in [-0.39, 0.29) is 6.04 Å². The first-order chi connectivity index (χ1) is 9.56. The van der Waals surface area contributed by atoms with Gasteiger partial charge in [0.25, 0.3) is 0 Å². The average molecular weight is 301 g/mol. The van der Waals surface area contributed by atoms with Crippen LogP contribution in [-0.2, 0) is 0 Å². The summed E-state index contributed by atoms with van der Waals surface area (Å²) in [5.74, 6) is 0.951. The second-order valence-electron chi connectivity index (χ2n) is 5.00. The third-order valence-corrected chi connectivity index (χ3v) is 3.90. The summed E-state index contributed by atoms with van der Waals surface area (Å²) in [5, 5.41) is 10.8. The smallest absolute Gasteiger partial charge is 0.179 e. The van der Waals surface area contributed by atoms with Gasteiger partial charge in [-0.2, -0.15) is 0 Å². The Hall–Kier alpha value is -1.01. The van der Waals surface area contributed by atoms with Gasteiger partial charge >= 0.3 is 0 Å². The van der Waals surface area contributed by atoms with E-state index in [1.165, 1.54) is 20.6 Å². The summed E-state index contributed by atoms with van der Waals surface area (Å²) in [5.41, 5.74) is 6.70. The highest BCUT2D eigenvalue weighted by Gasteiger charge is 2.24. The molecule has 1 aromatic rings. The van der Waals surface area contributed by atoms with Crippen molar-refractivity contribution in [1.29, 1.82) is 0 Å². The Morgan fingerprint density at radius 2 is 2.05 bits per heavy atom. The van der Waals surface area contributed by atoms with E-state index >= 15 is 0 Å². The van der Waals surface area contributed by atoms with Crippen LogP contribution in [-0.4, -0.2) is 49.9 Å². The molecule has 1 saturated heterocycles. The minimum absolute atomic E-state index is 0.357. The molecule has 3 N–H and O–H groups in total. The fraction of sp³-hybridized carbons (Fsp3) is 0.571. The maximum absolute atomic E-state index is 10.4. The largest absolute Gasteiger partial charge is 0.493 e. The number of hydrogen-bond acceptors (Lipinski definition) is 5. The minimum atomic E-state index is -0.784. The lowest BCUT2D eigenvalue weighted by Gasteiger charge is -2.34. The third-order valence-electron chi connectivity index (χ3n) is 3.62. The molecule has 1 aromatic carbocycles. The second kappa shape index (κ2) is 6.63. The summed E-state index contributed by atoms with van der Waals surface area (Å²) in [6.45, 7) is 2.77. The Kier molecular flexibility index (Phi) is 5.10. The number of nitrogens with zero attached hydrogens (tertiary/aromatic N) is 1. The standard InChI is InChI=1S/C14H21ClN2O3/c1-19-12-7-9(6-10(15)14(12)20-2)13(18)11(16)8-17-4-3-5-17/h6-7,11,13,18H,3-5,8,16H2,1-2H3/t11-,13?/m1/s1. The average Bonchev–Trinajstić information content (AvgIpc) is 2.40. The molecule has 2 atom stereocenters. The highest BCUT2D eigenvalue weighted by Crippen LogP contribution is 2.38. The SMILES string of the molecule is COc1cc(C(O)[C@H](N)CN2CCC2)cc(Cl)c1OC. The normalized spacial score (nSPS) is 18.2. The van der Waals surface area contributed by atoms with Gasteiger partial charge in [0.15, 0.2) is 11.5 Å². The number of ether oxygens (including phenoxy) is 2. The van der Waals surface area contributed by atoms with E-state index in [2.05, 4.69) is 4.90 Å². The molecule has 0 bridgehead atoms. The van der Waals surface area contributed by atoms with Crippen LogP contribution in [0.25, 0.3) is 0 Å². The first kappa shape index (κ1) is 15.4. The van der Waals surface area contributed by atoms with Crippen LogP contribution in [0.3, 0.4) is 0 Å².